The summed E-state index contributed by atoms with van der Waals surface area (Å²) in [6, 6.07) is 0. The molecule has 0 atom stereocenters. The van der Waals surface area contributed by atoms with Crippen molar-refractivity contribution in [3.8, 4) is 0 Å². The van der Waals surface area contributed by atoms with Crippen LogP contribution in [0.3, 0.4) is 0 Å². The molecule has 14 heavy (non-hydrogen) atoms. The lowest BCUT2D eigenvalue weighted by Crippen LogP contribution is -2.42. The van der Waals surface area contributed by atoms with Crippen LogP contribution in [0, 0.1) is 0 Å². The van der Waals surface area contributed by atoms with Gasteiger partial charge in [0, 0.05) is 0 Å². The standard InChI is InChI=1S/C6H8F4N2O2/c7-5(8,1-3(11)13)2-6(9,10)4(12)14/h1-2H2,(H2,11,13)(H2,12,14). The van der Waals surface area contributed by atoms with Gasteiger partial charge in [0.2, 0.25) is 5.91 Å². The monoisotopic (exact) mass is 216 g/mol. The van der Waals surface area contributed by atoms with Gasteiger partial charge in [-0.05, 0) is 0 Å². The van der Waals surface area contributed by atoms with Gasteiger partial charge < -0.3 is 11.5 Å². The van der Waals surface area contributed by atoms with Gasteiger partial charge in [0.15, 0.2) is 0 Å². The molecule has 0 aliphatic carbocycles. The third-order valence-corrected chi connectivity index (χ3v) is 1.27. The molecule has 4 N–H and O–H groups in total. The normalized spacial score (nSPS) is 12.6. The summed E-state index contributed by atoms with van der Waals surface area (Å²) in [5, 5.41) is 0. The molecular formula is C6H8F4N2O2. The molecule has 0 unspecified atom stereocenters. The minimum atomic E-state index is -4.35. The first-order valence-corrected chi connectivity index (χ1v) is 3.41. The van der Waals surface area contributed by atoms with Gasteiger partial charge in [-0.15, -0.1) is 0 Å². The number of hydrogen-bond acceptors (Lipinski definition) is 2. The van der Waals surface area contributed by atoms with Crippen molar-refractivity contribution in [2.24, 2.45) is 11.5 Å². The number of amides is 2. The van der Waals surface area contributed by atoms with E-state index in [0.29, 0.717) is 0 Å². The molecule has 0 saturated carbocycles. The number of carbonyl (C=O) groups excluding carboxylic acids is 2. The second kappa shape index (κ2) is 3.81. The topological polar surface area (TPSA) is 86.2 Å². The smallest absolute Gasteiger partial charge is 0.330 e. The predicted molar refractivity (Wildman–Crippen MR) is 37.5 cm³/mol. The van der Waals surface area contributed by atoms with E-state index in [0.717, 1.165) is 0 Å². The summed E-state index contributed by atoms with van der Waals surface area (Å²) in [5.41, 5.74) is 8.56. The van der Waals surface area contributed by atoms with Crippen LogP contribution in [0.2, 0.25) is 0 Å². The fourth-order valence-corrected chi connectivity index (χ4v) is 0.729. The molecule has 0 aromatic heterocycles. The molecule has 82 valence electrons. The summed E-state index contributed by atoms with van der Waals surface area (Å²) in [4.78, 5) is 20.1. The summed E-state index contributed by atoms with van der Waals surface area (Å²) >= 11 is 0. The Hall–Kier alpha value is -1.34. The molecule has 0 aromatic carbocycles. The molecule has 0 saturated heterocycles. The average molecular weight is 216 g/mol. The number of hydrogen-bond donors (Lipinski definition) is 2. The Morgan fingerprint density at radius 2 is 1.50 bits per heavy atom. The van der Waals surface area contributed by atoms with Crippen molar-refractivity contribution in [2.45, 2.75) is 24.7 Å². The molecule has 2 amide bonds. The minimum absolute atomic E-state index is 1.43. The third-order valence-electron chi connectivity index (χ3n) is 1.27. The van der Waals surface area contributed by atoms with E-state index >= 15 is 0 Å². The number of alkyl halides is 4. The van der Waals surface area contributed by atoms with E-state index in [1.165, 1.54) is 0 Å². The summed E-state index contributed by atoms with van der Waals surface area (Å²) in [7, 11) is 0. The number of halogens is 4. The Bertz CT molecular complexity index is 254. The Kier molecular flexibility index (Phi) is 3.44. The van der Waals surface area contributed by atoms with Gasteiger partial charge >= 0.3 is 5.92 Å². The van der Waals surface area contributed by atoms with Crippen molar-refractivity contribution in [3.63, 3.8) is 0 Å². The molecule has 0 aromatic rings. The van der Waals surface area contributed by atoms with E-state index < -0.39 is 36.5 Å². The molecular weight excluding hydrogens is 208 g/mol. The van der Waals surface area contributed by atoms with Gasteiger partial charge in [0.05, 0.1) is 12.8 Å². The van der Waals surface area contributed by atoms with Crippen LogP contribution in [0.5, 0.6) is 0 Å². The summed E-state index contributed by atoms with van der Waals surface area (Å²) in [6.07, 6.45) is -3.66. The van der Waals surface area contributed by atoms with Crippen molar-refractivity contribution in [2.75, 3.05) is 0 Å². The molecule has 0 bridgehead atoms. The highest BCUT2D eigenvalue weighted by atomic mass is 19.3. The lowest BCUT2D eigenvalue weighted by atomic mass is 10.1. The maximum absolute atomic E-state index is 12.5. The first kappa shape index (κ1) is 12.7. The number of nitrogens with two attached hydrogens (primary N) is 2. The first-order chi connectivity index (χ1) is 6.07. The second-order valence-corrected chi connectivity index (χ2v) is 2.74. The van der Waals surface area contributed by atoms with Crippen LogP contribution < -0.4 is 11.5 Å². The Morgan fingerprint density at radius 1 is 1.07 bits per heavy atom. The highest BCUT2D eigenvalue weighted by Crippen LogP contribution is 2.32. The number of carbonyl (C=O) groups is 2. The van der Waals surface area contributed by atoms with E-state index in [1.807, 2.05) is 0 Å². The van der Waals surface area contributed by atoms with Gasteiger partial charge in [-0.25, -0.2) is 8.78 Å². The minimum Gasteiger partial charge on any atom is -0.369 e. The molecule has 0 aliphatic rings. The summed E-state index contributed by atoms with van der Waals surface area (Å²) in [5.74, 6) is -12.0. The highest BCUT2D eigenvalue weighted by molar-refractivity contribution is 5.81. The zero-order valence-electron chi connectivity index (χ0n) is 6.90. The largest absolute Gasteiger partial charge is 0.369 e. The molecule has 0 aliphatic heterocycles. The van der Waals surface area contributed by atoms with Crippen molar-refractivity contribution in [1.82, 2.24) is 0 Å². The second-order valence-electron chi connectivity index (χ2n) is 2.74. The molecule has 8 heteroatoms. The molecule has 0 rings (SSSR count). The Morgan fingerprint density at radius 3 is 1.79 bits per heavy atom. The quantitative estimate of drug-likeness (QED) is 0.634. The van der Waals surface area contributed by atoms with Gasteiger partial charge in [-0.3, -0.25) is 9.59 Å². The number of primary amides is 2. The van der Waals surface area contributed by atoms with Crippen molar-refractivity contribution >= 4 is 11.8 Å². The fraction of sp³-hybridized carbons (Fsp3) is 0.667. The van der Waals surface area contributed by atoms with Crippen LogP contribution in [0.25, 0.3) is 0 Å². The maximum Gasteiger partial charge on any atom is 0.330 e. The van der Waals surface area contributed by atoms with Crippen LogP contribution in [0.1, 0.15) is 12.8 Å². The number of rotatable bonds is 5. The van der Waals surface area contributed by atoms with Gasteiger partial charge in [-0.2, -0.15) is 8.78 Å². The van der Waals surface area contributed by atoms with Crippen molar-refractivity contribution in [1.29, 1.82) is 0 Å². The van der Waals surface area contributed by atoms with Crippen LogP contribution in [-0.4, -0.2) is 23.7 Å². The van der Waals surface area contributed by atoms with Crippen LogP contribution in [0.15, 0.2) is 0 Å². The lowest BCUT2D eigenvalue weighted by Gasteiger charge is -2.19. The van der Waals surface area contributed by atoms with Gasteiger partial charge in [0.25, 0.3) is 11.8 Å². The van der Waals surface area contributed by atoms with Crippen molar-refractivity contribution < 1.29 is 27.2 Å². The first-order valence-electron chi connectivity index (χ1n) is 3.41. The molecule has 0 spiro atoms. The summed E-state index contributed by atoms with van der Waals surface area (Å²) < 4.78 is 49.9. The third kappa shape index (κ3) is 4.06. The van der Waals surface area contributed by atoms with E-state index in [4.69, 9.17) is 0 Å². The van der Waals surface area contributed by atoms with Crippen LogP contribution in [0.4, 0.5) is 17.6 Å². The predicted octanol–water partition coefficient (Wildman–Crippen LogP) is 0.00780. The van der Waals surface area contributed by atoms with Gasteiger partial charge in [0.1, 0.15) is 0 Å². The SMILES string of the molecule is NC(=O)CC(F)(F)CC(F)(F)C(N)=O. The van der Waals surface area contributed by atoms with E-state index in [9.17, 15) is 27.2 Å². The highest BCUT2D eigenvalue weighted by Gasteiger charge is 2.48. The van der Waals surface area contributed by atoms with E-state index in [-0.39, 0.29) is 0 Å². The molecule has 0 heterocycles. The molecule has 4 nitrogen and oxygen atoms in total. The van der Waals surface area contributed by atoms with Gasteiger partial charge in [-0.1, -0.05) is 0 Å². The zero-order valence-corrected chi connectivity index (χ0v) is 6.90. The Balaban J connectivity index is 4.49. The fourth-order valence-electron chi connectivity index (χ4n) is 0.729. The van der Waals surface area contributed by atoms with E-state index in [2.05, 4.69) is 11.5 Å². The lowest BCUT2D eigenvalue weighted by molar-refractivity contribution is -0.159. The molecule has 0 radical (unpaired) electrons. The average Bonchev–Trinajstić information content (AvgIpc) is 1.79. The maximum atomic E-state index is 12.5. The summed E-state index contributed by atoms with van der Waals surface area (Å²) in [6.45, 7) is 0. The Labute approximate surface area is 76.2 Å². The zero-order chi connectivity index (χ0) is 11.6. The van der Waals surface area contributed by atoms with Crippen LogP contribution in [-0.2, 0) is 9.59 Å². The van der Waals surface area contributed by atoms with Crippen LogP contribution >= 0.6 is 0 Å². The molecule has 0 fully saturated rings. The van der Waals surface area contributed by atoms with E-state index in [1.54, 1.807) is 0 Å². The van der Waals surface area contributed by atoms with Crippen molar-refractivity contribution in [3.05, 3.63) is 0 Å².